The van der Waals surface area contributed by atoms with Crippen LogP contribution in [0.15, 0.2) is 12.1 Å². The van der Waals surface area contributed by atoms with Crippen LogP contribution in [0, 0.1) is 10.1 Å². The molecule has 0 aromatic heterocycles. The number of hydrogen-bond donors (Lipinski definition) is 1. The molecule has 2 aliphatic heterocycles. The molecule has 1 N–H and O–H groups in total. The molecule has 1 saturated heterocycles. The van der Waals surface area contributed by atoms with E-state index in [4.69, 9.17) is 4.74 Å². The van der Waals surface area contributed by atoms with E-state index in [0.717, 1.165) is 12.0 Å². The van der Waals surface area contributed by atoms with Crippen molar-refractivity contribution in [1.29, 1.82) is 0 Å². The lowest BCUT2D eigenvalue weighted by Crippen LogP contribution is -2.37. The number of carbonyl (C=O) groups is 2. The highest BCUT2D eigenvalue weighted by molar-refractivity contribution is 5.95. The zero-order valence-corrected chi connectivity index (χ0v) is 12.7. The Balaban J connectivity index is 2.06. The summed E-state index contributed by atoms with van der Waals surface area (Å²) in [7, 11) is 1.31. The molecular weight excluding hydrogens is 302 g/mol. The van der Waals surface area contributed by atoms with Gasteiger partial charge in [-0.2, -0.15) is 0 Å². The first-order valence-electron chi connectivity index (χ1n) is 7.47. The molecule has 0 saturated carbocycles. The highest BCUT2D eigenvalue weighted by atomic mass is 16.6. The van der Waals surface area contributed by atoms with Gasteiger partial charge in [0.25, 0.3) is 5.69 Å². The van der Waals surface area contributed by atoms with Crippen molar-refractivity contribution in [3.8, 4) is 0 Å². The fourth-order valence-corrected chi connectivity index (χ4v) is 3.22. The van der Waals surface area contributed by atoms with Crippen molar-refractivity contribution in [2.45, 2.75) is 31.7 Å². The van der Waals surface area contributed by atoms with Crippen LogP contribution in [0.4, 0.5) is 17.1 Å². The van der Waals surface area contributed by atoms with Crippen molar-refractivity contribution in [3.63, 3.8) is 0 Å². The maximum Gasteiger partial charge on any atom is 0.328 e. The van der Waals surface area contributed by atoms with Gasteiger partial charge in [0.1, 0.15) is 11.7 Å². The van der Waals surface area contributed by atoms with Crippen molar-refractivity contribution in [1.82, 2.24) is 0 Å². The lowest BCUT2D eigenvalue weighted by Gasteiger charge is -2.26. The topological polar surface area (TPSA) is 102 Å². The Kier molecular flexibility index (Phi) is 3.89. The quantitative estimate of drug-likeness (QED) is 0.516. The number of aryl methyl sites for hydroxylation is 1. The number of ether oxygens (including phenoxy) is 1. The summed E-state index contributed by atoms with van der Waals surface area (Å²) in [5, 5.41) is 14.2. The van der Waals surface area contributed by atoms with Gasteiger partial charge in [-0.1, -0.05) is 0 Å². The summed E-state index contributed by atoms with van der Waals surface area (Å²) in [6.07, 6.45) is 2.13. The number of nitrogens with zero attached hydrogens (tertiary/aromatic N) is 2. The fourth-order valence-electron chi connectivity index (χ4n) is 3.22. The molecule has 0 bridgehead atoms. The highest BCUT2D eigenvalue weighted by Gasteiger charge is 2.36. The average molecular weight is 319 g/mol. The first-order chi connectivity index (χ1) is 11.0. The van der Waals surface area contributed by atoms with Crippen molar-refractivity contribution in [2.75, 3.05) is 23.9 Å². The Hall–Kier alpha value is -2.64. The molecule has 8 heteroatoms. The number of carbonyl (C=O) groups excluding carboxylic acids is 2. The lowest BCUT2D eigenvalue weighted by molar-refractivity contribution is -0.384. The van der Waals surface area contributed by atoms with Gasteiger partial charge in [0, 0.05) is 24.7 Å². The van der Waals surface area contributed by atoms with Gasteiger partial charge in [-0.3, -0.25) is 14.9 Å². The van der Waals surface area contributed by atoms with E-state index in [0.29, 0.717) is 37.2 Å². The average Bonchev–Trinajstić information content (AvgIpc) is 3.02. The molecule has 122 valence electrons. The van der Waals surface area contributed by atoms with Gasteiger partial charge in [-0.15, -0.1) is 0 Å². The molecule has 1 amide bonds. The maximum atomic E-state index is 11.9. The van der Waals surface area contributed by atoms with Gasteiger partial charge in [0.2, 0.25) is 5.91 Å². The second kappa shape index (κ2) is 5.86. The molecule has 0 aliphatic carbocycles. The summed E-state index contributed by atoms with van der Waals surface area (Å²) in [5.41, 5.74) is 1.63. The summed E-state index contributed by atoms with van der Waals surface area (Å²) in [4.78, 5) is 36.2. The molecule has 2 heterocycles. The van der Waals surface area contributed by atoms with Gasteiger partial charge in [0.15, 0.2) is 0 Å². The number of nitro benzene ring substituents is 1. The smallest absolute Gasteiger partial charge is 0.328 e. The van der Waals surface area contributed by atoms with Crippen LogP contribution in [-0.2, 0) is 20.7 Å². The molecule has 2 aliphatic rings. The number of hydrogen-bond acceptors (Lipinski definition) is 6. The van der Waals surface area contributed by atoms with E-state index < -0.39 is 16.9 Å². The minimum Gasteiger partial charge on any atom is -0.467 e. The first-order valence-corrected chi connectivity index (χ1v) is 7.47. The lowest BCUT2D eigenvalue weighted by atomic mass is 10.0. The Morgan fingerprint density at radius 2 is 2.22 bits per heavy atom. The van der Waals surface area contributed by atoms with Crippen LogP contribution in [0.1, 0.15) is 24.8 Å². The van der Waals surface area contributed by atoms with Gasteiger partial charge in [-0.05, 0) is 30.9 Å². The fraction of sp³-hybridized carbons (Fsp3) is 0.467. The van der Waals surface area contributed by atoms with Crippen molar-refractivity contribution in [2.24, 2.45) is 0 Å². The normalized spacial score (nSPS) is 20.0. The number of methoxy groups -OCH3 is 1. The number of rotatable bonds is 3. The van der Waals surface area contributed by atoms with E-state index in [1.54, 1.807) is 11.0 Å². The standard InChI is InChI=1S/C15H17N3O5/c1-23-15(20)11-3-2-6-17(11)12-8-10-9(4-5-14(19)16-10)7-13(12)18(21)22/h7-8,11H,2-6H2,1H3,(H,16,19). The van der Waals surface area contributed by atoms with Crippen LogP contribution in [0.2, 0.25) is 0 Å². The minimum atomic E-state index is -0.531. The molecule has 23 heavy (non-hydrogen) atoms. The molecule has 1 aromatic rings. The van der Waals surface area contributed by atoms with E-state index in [2.05, 4.69) is 5.32 Å². The van der Waals surface area contributed by atoms with Crippen LogP contribution >= 0.6 is 0 Å². The minimum absolute atomic E-state index is 0.0456. The summed E-state index contributed by atoms with van der Waals surface area (Å²) in [5.74, 6) is -0.512. The number of anilines is 2. The number of nitro groups is 1. The Bertz CT molecular complexity index is 688. The Morgan fingerprint density at radius 1 is 1.43 bits per heavy atom. The molecule has 1 atom stereocenters. The van der Waals surface area contributed by atoms with Gasteiger partial charge in [-0.25, -0.2) is 4.79 Å². The van der Waals surface area contributed by atoms with Crippen LogP contribution in [0.5, 0.6) is 0 Å². The largest absolute Gasteiger partial charge is 0.467 e. The predicted molar refractivity (Wildman–Crippen MR) is 82.4 cm³/mol. The maximum absolute atomic E-state index is 11.9. The number of fused-ring (bicyclic) bond motifs is 1. The second-order valence-electron chi connectivity index (χ2n) is 5.68. The van der Waals surface area contributed by atoms with Gasteiger partial charge >= 0.3 is 5.97 Å². The summed E-state index contributed by atoms with van der Waals surface area (Å²) in [6, 6.07) is 2.57. The van der Waals surface area contributed by atoms with Crippen LogP contribution in [-0.4, -0.2) is 36.5 Å². The zero-order valence-electron chi connectivity index (χ0n) is 12.7. The molecule has 0 radical (unpaired) electrons. The molecule has 8 nitrogen and oxygen atoms in total. The summed E-state index contributed by atoms with van der Waals surface area (Å²) >= 11 is 0. The third-order valence-electron chi connectivity index (χ3n) is 4.33. The summed E-state index contributed by atoms with van der Waals surface area (Å²) in [6.45, 7) is 0.535. The second-order valence-corrected chi connectivity index (χ2v) is 5.68. The van der Waals surface area contributed by atoms with E-state index in [9.17, 15) is 19.7 Å². The van der Waals surface area contributed by atoms with Crippen molar-refractivity contribution in [3.05, 3.63) is 27.8 Å². The third-order valence-corrected chi connectivity index (χ3v) is 4.33. The summed E-state index contributed by atoms with van der Waals surface area (Å²) < 4.78 is 4.80. The van der Waals surface area contributed by atoms with Crippen LogP contribution in [0.25, 0.3) is 0 Å². The highest BCUT2D eigenvalue weighted by Crippen LogP contribution is 2.39. The molecule has 1 unspecified atom stereocenters. The first kappa shape index (κ1) is 15.3. The molecule has 3 rings (SSSR count). The van der Waals surface area contributed by atoms with Gasteiger partial charge < -0.3 is 15.0 Å². The third kappa shape index (κ3) is 2.71. The number of amides is 1. The van der Waals surface area contributed by atoms with Crippen LogP contribution < -0.4 is 10.2 Å². The zero-order chi connectivity index (χ0) is 16.6. The van der Waals surface area contributed by atoms with Crippen molar-refractivity contribution >= 4 is 28.9 Å². The molecular formula is C15H17N3O5. The Labute approximate surface area is 132 Å². The number of esters is 1. The molecule has 1 fully saturated rings. The Morgan fingerprint density at radius 3 is 2.91 bits per heavy atom. The van der Waals surface area contributed by atoms with E-state index in [1.807, 2.05) is 0 Å². The van der Waals surface area contributed by atoms with E-state index in [1.165, 1.54) is 13.2 Å². The van der Waals surface area contributed by atoms with Gasteiger partial charge in [0.05, 0.1) is 12.0 Å². The van der Waals surface area contributed by atoms with E-state index >= 15 is 0 Å². The number of nitrogens with one attached hydrogen (secondary N) is 1. The van der Waals surface area contributed by atoms with Crippen LogP contribution in [0.3, 0.4) is 0 Å². The SMILES string of the molecule is COC(=O)C1CCCN1c1cc2c(cc1[N+](=O)[O-])CCC(=O)N2. The predicted octanol–water partition coefficient (Wildman–Crippen LogP) is 1.62. The van der Waals surface area contributed by atoms with E-state index in [-0.39, 0.29) is 11.6 Å². The van der Waals surface area contributed by atoms with Crippen molar-refractivity contribution < 1.29 is 19.2 Å². The molecule has 1 aromatic carbocycles. The number of benzene rings is 1. The monoisotopic (exact) mass is 319 g/mol. The molecule has 0 spiro atoms.